The smallest absolute Gasteiger partial charge is 0.303 e. The fourth-order valence-corrected chi connectivity index (χ4v) is 1.65. The van der Waals surface area contributed by atoms with E-state index in [4.69, 9.17) is 5.11 Å². The van der Waals surface area contributed by atoms with Gasteiger partial charge in [0.1, 0.15) is 0 Å². The van der Waals surface area contributed by atoms with Crippen molar-refractivity contribution >= 4 is 11.9 Å². The summed E-state index contributed by atoms with van der Waals surface area (Å²) in [5.74, 6) is -0.932. The van der Waals surface area contributed by atoms with E-state index in [2.05, 4.69) is 10.6 Å². The maximum Gasteiger partial charge on any atom is 0.303 e. The zero-order chi connectivity index (χ0) is 12.0. The Morgan fingerprint density at radius 3 is 2.69 bits per heavy atom. The second-order valence-corrected chi connectivity index (χ2v) is 3.99. The predicted octanol–water partition coefficient (Wildman–Crippen LogP) is -0.920. The number of hydrogen-bond acceptors (Lipinski definition) is 4. The molecular weight excluding hydrogens is 212 g/mol. The van der Waals surface area contributed by atoms with Gasteiger partial charge in [-0.1, -0.05) is 0 Å². The van der Waals surface area contributed by atoms with Crippen LogP contribution >= 0.6 is 0 Å². The molecule has 0 radical (unpaired) electrons. The quantitative estimate of drug-likeness (QED) is 0.442. The first-order chi connectivity index (χ1) is 7.59. The third kappa shape index (κ3) is 4.59. The Kier molecular flexibility index (Phi) is 5.21. The van der Waals surface area contributed by atoms with Gasteiger partial charge in [0.05, 0.1) is 12.1 Å². The number of aliphatic hydroxyl groups excluding tert-OH is 1. The molecule has 1 heterocycles. The molecule has 1 aliphatic heterocycles. The van der Waals surface area contributed by atoms with Crippen LogP contribution in [0.5, 0.6) is 0 Å². The Hall–Kier alpha value is -1.14. The third-order valence-electron chi connectivity index (χ3n) is 2.54. The van der Waals surface area contributed by atoms with Gasteiger partial charge in [-0.25, -0.2) is 0 Å². The van der Waals surface area contributed by atoms with Crippen molar-refractivity contribution in [3.8, 4) is 0 Å². The largest absolute Gasteiger partial charge is 0.481 e. The number of unbranched alkanes of at least 4 members (excludes halogenated alkanes) is 1. The highest BCUT2D eigenvalue weighted by atomic mass is 16.4. The first-order valence-electron chi connectivity index (χ1n) is 5.50. The number of hydrogen-bond donors (Lipinski definition) is 4. The van der Waals surface area contributed by atoms with Gasteiger partial charge >= 0.3 is 5.97 Å². The minimum atomic E-state index is -0.813. The van der Waals surface area contributed by atoms with Crippen LogP contribution in [0.4, 0.5) is 0 Å². The van der Waals surface area contributed by atoms with Crippen LogP contribution in [0, 0.1) is 0 Å². The number of carbonyl (C=O) groups excluding carboxylic acids is 1. The van der Waals surface area contributed by atoms with Crippen molar-refractivity contribution in [3.63, 3.8) is 0 Å². The van der Waals surface area contributed by atoms with E-state index in [0.717, 1.165) is 0 Å². The highest BCUT2D eigenvalue weighted by molar-refractivity contribution is 5.82. The van der Waals surface area contributed by atoms with E-state index in [1.165, 1.54) is 0 Å². The number of β-amino-alcohol motifs (C(OH)–C–C–N with tert-alkyl or cyclic N) is 1. The molecule has 4 N–H and O–H groups in total. The number of carbonyl (C=O) groups is 2. The van der Waals surface area contributed by atoms with Gasteiger partial charge < -0.3 is 20.8 Å². The number of rotatable bonds is 6. The van der Waals surface area contributed by atoms with Crippen molar-refractivity contribution in [1.82, 2.24) is 10.6 Å². The van der Waals surface area contributed by atoms with E-state index in [1.807, 2.05) is 0 Å². The van der Waals surface area contributed by atoms with Gasteiger partial charge in [0.25, 0.3) is 0 Å². The number of carboxylic acid groups (broad SMARTS) is 1. The zero-order valence-corrected chi connectivity index (χ0v) is 9.11. The van der Waals surface area contributed by atoms with Crippen LogP contribution in [0.2, 0.25) is 0 Å². The number of nitrogens with one attached hydrogen (secondary N) is 2. The summed E-state index contributed by atoms with van der Waals surface area (Å²) in [5, 5.41) is 23.2. The molecule has 0 aliphatic carbocycles. The van der Waals surface area contributed by atoms with Crippen LogP contribution in [0.15, 0.2) is 0 Å². The number of aliphatic hydroxyl groups is 1. The van der Waals surface area contributed by atoms with Crippen molar-refractivity contribution in [2.75, 3.05) is 13.1 Å². The molecule has 1 amide bonds. The monoisotopic (exact) mass is 230 g/mol. The maximum absolute atomic E-state index is 11.5. The molecule has 6 nitrogen and oxygen atoms in total. The lowest BCUT2D eigenvalue weighted by atomic mass is 10.2. The topological polar surface area (TPSA) is 98.7 Å². The van der Waals surface area contributed by atoms with E-state index in [9.17, 15) is 14.7 Å². The Balaban J connectivity index is 2.04. The summed E-state index contributed by atoms with van der Waals surface area (Å²) >= 11 is 0. The summed E-state index contributed by atoms with van der Waals surface area (Å²) in [4.78, 5) is 21.7. The number of aliphatic carboxylic acids is 1. The molecule has 0 aromatic heterocycles. The lowest BCUT2D eigenvalue weighted by Gasteiger charge is -2.10. The first-order valence-corrected chi connectivity index (χ1v) is 5.50. The highest BCUT2D eigenvalue weighted by Crippen LogP contribution is 2.06. The second kappa shape index (κ2) is 6.44. The van der Waals surface area contributed by atoms with Crippen molar-refractivity contribution in [2.24, 2.45) is 0 Å². The Morgan fingerprint density at radius 2 is 2.12 bits per heavy atom. The lowest BCUT2D eigenvalue weighted by molar-refractivity contribution is -0.137. The van der Waals surface area contributed by atoms with Crippen molar-refractivity contribution in [2.45, 2.75) is 37.8 Å². The number of amides is 1. The van der Waals surface area contributed by atoms with E-state index in [-0.39, 0.29) is 18.4 Å². The number of carboxylic acids is 1. The molecule has 1 rings (SSSR count). The molecule has 0 aromatic carbocycles. The average molecular weight is 230 g/mol. The molecule has 16 heavy (non-hydrogen) atoms. The molecule has 92 valence electrons. The summed E-state index contributed by atoms with van der Waals surface area (Å²) < 4.78 is 0. The van der Waals surface area contributed by atoms with Gasteiger partial charge in [0.15, 0.2) is 0 Å². The van der Waals surface area contributed by atoms with Gasteiger partial charge in [-0.3, -0.25) is 9.59 Å². The van der Waals surface area contributed by atoms with Crippen LogP contribution in [0.3, 0.4) is 0 Å². The van der Waals surface area contributed by atoms with Crippen LogP contribution < -0.4 is 10.6 Å². The van der Waals surface area contributed by atoms with Crippen LogP contribution in [-0.2, 0) is 9.59 Å². The standard InChI is InChI=1S/C10H18N2O4/c13-7-5-8(12-6-7)10(16)11-4-2-1-3-9(14)15/h7-8,12-13H,1-6H2,(H,11,16)(H,14,15). The molecule has 0 aromatic rings. The minimum absolute atomic E-state index is 0.119. The van der Waals surface area contributed by atoms with Gasteiger partial charge in [-0.2, -0.15) is 0 Å². The predicted molar refractivity (Wildman–Crippen MR) is 56.9 cm³/mol. The van der Waals surface area contributed by atoms with Crippen LogP contribution in [0.25, 0.3) is 0 Å². The van der Waals surface area contributed by atoms with Crippen molar-refractivity contribution < 1.29 is 19.8 Å². The van der Waals surface area contributed by atoms with E-state index >= 15 is 0 Å². The Labute approximate surface area is 94.0 Å². The highest BCUT2D eigenvalue weighted by Gasteiger charge is 2.27. The zero-order valence-electron chi connectivity index (χ0n) is 9.11. The molecule has 2 unspecified atom stereocenters. The SMILES string of the molecule is O=C(O)CCCCNC(=O)C1CC(O)CN1. The Morgan fingerprint density at radius 1 is 1.38 bits per heavy atom. The maximum atomic E-state index is 11.5. The minimum Gasteiger partial charge on any atom is -0.481 e. The van der Waals surface area contributed by atoms with Gasteiger partial charge in [-0.15, -0.1) is 0 Å². The van der Waals surface area contributed by atoms with Gasteiger partial charge in [0, 0.05) is 19.5 Å². The van der Waals surface area contributed by atoms with Gasteiger partial charge in [0.2, 0.25) is 5.91 Å². The molecule has 1 saturated heterocycles. The fourth-order valence-electron chi connectivity index (χ4n) is 1.65. The Bertz CT molecular complexity index is 257. The molecule has 6 heteroatoms. The van der Waals surface area contributed by atoms with E-state index < -0.39 is 12.1 Å². The van der Waals surface area contributed by atoms with Gasteiger partial charge in [-0.05, 0) is 19.3 Å². The second-order valence-electron chi connectivity index (χ2n) is 3.99. The normalized spacial score (nSPS) is 24.3. The van der Waals surface area contributed by atoms with E-state index in [0.29, 0.717) is 32.4 Å². The molecule has 0 saturated carbocycles. The average Bonchev–Trinajstić information content (AvgIpc) is 2.63. The summed E-state index contributed by atoms with van der Waals surface area (Å²) in [6.45, 7) is 0.942. The van der Waals surface area contributed by atoms with Crippen molar-refractivity contribution in [1.29, 1.82) is 0 Å². The lowest BCUT2D eigenvalue weighted by Crippen LogP contribution is -2.40. The van der Waals surface area contributed by atoms with Crippen molar-refractivity contribution in [3.05, 3.63) is 0 Å². The van der Waals surface area contributed by atoms with E-state index in [1.54, 1.807) is 0 Å². The summed E-state index contributed by atoms with van der Waals surface area (Å²) in [6, 6.07) is -0.311. The summed E-state index contributed by atoms with van der Waals surface area (Å²) in [6.07, 6.45) is 1.36. The summed E-state index contributed by atoms with van der Waals surface area (Å²) in [7, 11) is 0. The molecule has 1 aliphatic rings. The molecule has 0 spiro atoms. The molecule has 0 bridgehead atoms. The molecule has 2 atom stereocenters. The molecule has 1 fully saturated rings. The van der Waals surface area contributed by atoms with Crippen LogP contribution in [0.1, 0.15) is 25.7 Å². The van der Waals surface area contributed by atoms with Crippen LogP contribution in [-0.4, -0.2) is 47.3 Å². The molecular formula is C10H18N2O4. The fraction of sp³-hybridized carbons (Fsp3) is 0.800. The first kappa shape index (κ1) is 12.9. The third-order valence-corrected chi connectivity index (χ3v) is 2.54. The summed E-state index contributed by atoms with van der Waals surface area (Å²) in [5.41, 5.74) is 0.